The first-order valence-corrected chi connectivity index (χ1v) is 9.55. The third-order valence-corrected chi connectivity index (χ3v) is 4.79. The third kappa shape index (κ3) is 4.44. The Balaban J connectivity index is 1.50. The summed E-state index contributed by atoms with van der Waals surface area (Å²) in [5.41, 5.74) is 2.86. The fourth-order valence-corrected chi connectivity index (χ4v) is 3.18. The summed E-state index contributed by atoms with van der Waals surface area (Å²) in [4.78, 5) is 27.2. The molecule has 0 radical (unpaired) electrons. The smallest absolute Gasteiger partial charge is 0.272 e. The number of nitrogens with one attached hydrogen (secondary N) is 1. The van der Waals surface area contributed by atoms with Gasteiger partial charge in [-0.05, 0) is 61.5 Å². The van der Waals surface area contributed by atoms with E-state index in [2.05, 4.69) is 15.5 Å². The van der Waals surface area contributed by atoms with Crippen LogP contribution in [-0.2, 0) is 0 Å². The molecule has 1 heterocycles. The van der Waals surface area contributed by atoms with Gasteiger partial charge < -0.3 is 9.84 Å². The van der Waals surface area contributed by atoms with Crippen LogP contribution in [-0.4, -0.2) is 21.0 Å². The van der Waals surface area contributed by atoms with Crippen LogP contribution in [0, 0.1) is 17.0 Å². The summed E-state index contributed by atoms with van der Waals surface area (Å²) in [5.74, 6) is 0.343. The number of aryl methyl sites for hydroxylation is 1. The van der Waals surface area contributed by atoms with Crippen LogP contribution in [0.2, 0.25) is 5.02 Å². The first-order valence-electron chi connectivity index (χ1n) is 9.17. The second kappa shape index (κ2) is 8.37. The molecule has 9 heteroatoms. The molecule has 1 amide bonds. The maximum atomic E-state index is 12.3. The van der Waals surface area contributed by atoms with Crippen LogP contribution < -0.4 is 5.32 Å². The second-order valence-electron chi connectivity index (χ2n) is 6.72. The van der Waals surface area contributed by atoms with Crippen LogP contribution in [0.15, 0.2) is 71.3 Å². The highest BCUT2D eigenvalue weighted by Gasteiger charge is 2.15. The minimum absolute atomic E-state index is 0.0268. The zero-order valence-electron chi connectivity index (χ0n) is 16.2. The molecule has 1 aromatic heterocycles. The van der Waals surface area contributed by atoms with Crippen LogP contribution in [0.25, 0.3) is 22.8 Å². The average Bonchev–Trinajstić information content (AvgIpc) is 3.24. The minimum atomic E-state index is -0.439. The molecule has 0 aliphatic carbocycles. The lowest BCUT2D eigenvalue weighted by molar-refractivity contribution is -0.385. The number of hydrogen-bond acceptors (Lipinski definition) is 6. The Kier molecular flexibility index (Phi) is 5.46. The van der Waals surface area contributed by atoms with Gasteiger partial charge in [-0.3, -0.25) is 14.9 Å². The lowest BCUT2D eigenvalue weighted by atomic mass is 10.1. The van der Waals surface area contributed by atoms with E-state index in [9.17, 15) is 14.9 Å². The van der Waals surface area contributed by atoms with Gasteiger partial charge in [-0.15, -0.1) is 0 Å². The second-order valence-corrected chi connectivity index (χ2v) is 7.16. The van der Waals surface area contributed by atoms with Crippen molar-refractivity contribution in [2.24, 2.45) is 0 Å². The molecule has 0 aliphatic rings. The van der Waals surface area contributed by atoms with E-state index >= 15 is 0 Å². The quantitative estimate of drug-likeness (QED) is 0.326. The molecular formula is C22H15ClN4O4. The highest BCUT2D eigenvalue weighted by atomic mass is 35.5. The van der Waals surface area contributed by atoms with Crippen LogP contribution in [0.3, 0.4) is 0 Å². The molecule has 8 nitrogen and oxygen atoms in total. The molecule has 1 N–H and O–H groups in total. The third-order valence-electron chi connectivity index (χ3n) is 4.55. The first kappa shape index (κ1) is 20.2. The zero-order valence-corrected chi connectivity index (χ0v) is 17.0. The van der Waals surface area contributed by atoms with Gasteiger partial charge in [0, 0.05) is 39.0 Å². The predicted molar refractivity (Wildman–Crippen MR) is 116 cm³/mol. The first-order chi connectivity index (χ1) is 14.9. The molecule has 0 aliphatic heterocycles. The van der Waals surface area contributed by atoms with Crippen molar-refractivity contribution in [2.45, 2.75) is 6.92 Å². The fraction of sp³-hybridized carbons (Fsp3) is 0.0455. The zero-order chi connectivity index (χ0) is 22.0. The van der Waals surface area contributed by atoms with Crippen LogP contribution >= 0.6 is 11.6 Å². The monoisotopic (exact) mass is 434 g/mol. The van der Waals surface area contributed by atoms with E-state index in [4.69, 9.17) is 16.1 Å². The number of anilines is 1. The highest BCUT2D eigenvalue weighted by molar-refractivity contribution is 6.31. The highest BCUT2D eigenvalue weighted by Crippen LogP contribution is 2.27. The number of carbonyl (C=O) groups is 1. The fourth-order valence-electron chi connectivity index (χ4n) is 2.99. The summed E-state index contributed by atoms with van der Waals surface area (Å²) >= 11 is 5.92. The Morgan fingerprint density at radius 1 is 1.06 bits per heavy atom. The van der Waals surface area contributed by atoms with E-state index in [1.807, 2.05) is 0 Å². The Morgan fingerprint density at radius 3 is 2.48 bits per heavy atom. The maximum absolute atomic E-state index is 12.3. The van der Waals surface area contributed by atoms with Gasteiger partial charge in [0.25, 0.3) is 17.5 Å². The Bertz CT molecular complexity index is 1280. The van der Waals surface area contributed by atoms with Crippen LogP contribution in [0.4, 0.5) is 11.4 Å². The SMILES string of the molecule is Cc1cc(-c2nc(-c3ccc(NC(=O)c4cccc(Cl)c4)cc3)no2)ccc1[N+](=O)[O-]. The van der Waals surface area contributed by atoms with Crippen molar-refractivity contribution in [1.29, 1.82) is 0 Å². The molecule has 4 aromatic rings. The summed E-state index contributed by atoms with van der Waals surface area (Å²) < 4.78 is 5.31. The van der Waals surface area contributed by atoms with Gasteiger partial charge in [-0.2, -0.15) is 4.98 Å². The van der Waals surface area contributed by atoms with Crippen LogP contribution in [0.5, 0.6) is 0 Å². The number of carbonyl (C=O) groups excluding carboxylic acids is 1. The number of aromatic nitrogens is 2. The number of nitro benzene ring substituents is 1. The van der Waals surface area contributed by atoms with E-state index in [1.54, 1.807) is 67.6 Å². The summed E-state index contributed by atoms with van der Waals surface area (Å²) in [5, 5.41) is 18.2. The maximum Gasteiger partial charge on any atom is 0.272 e. The number of benzene rings is 3. The normalized spacial score (nSPS) is 10.6. The van der Waals surface area contributed by atoms with Crippen molar-refractivity contribution in [3.8, 4) is 22.8 Å². The molecule has 154 valence electrons. The summed E-state index contributed by atoms with van der Waals surface area (Å²) in [6, 6.07) is 18.2. The molecular weight excluding hydrogens is 420 g/mol. The van der Waals surface area contributed by atoms with E-state index in [0.717, 1.165) is 0 Å². The number of hydrogen-bond donors (Lipinski definition) is 1. The molecule has 0 saturated heterocycles. The van der Waals surface area contributed by atoms with Crippen LogP contribution in [0.1, 0.15) is 15.9 Å². The molecule has 0 atom stereocenters. The van der Waals surface area contributed by atoms with Crippen molar-refractivity contribution >= 4 is 28.9 Å². The van der Waals surface area contributed by atoms with Gasteiger partial charge in [-0.1, -0.05) is 22.8 Å². The van der Waals surface area contributed by atoms with Crippen molar-refractivity contribution in [3.05, 3.63) is 93.0 Å². The molecule has 0 saturated carbocycles. The van der Waals surface area contributed by atoms with Gasteiger partial charge in [0.1, 0.15) is 0 Å². The van der Waals surface area contributed by atoms with E-state index < -0.39 is 4.92 Å². The number of halogens is 1. The van der Waals surface area contributed by atoms with Crippen molar-refractivity contribution in [3.63, 3.8) is 0 Å². The van der Waals surface area contributed by atoms with Gasteiger partial charge in [-0.25, -0.2) is 0 Å². The van der Waals surface area contributed by atoms with Gasteiger partial charge in [0.05, 0.1) is 4.92 Å². The summed E-state index contributed by atoms with van der Waals surface area (Å²) in [7, 11) is 0. The lowest BCUT2D eigenvalue weighted by Gasteiger charge is -2.06. The number of rotatable bonds is 5. The molecule has 31 heavy (non-hydrogen) atoms. The molecule has 0 fully saturated rings. The number of nitrogens with zero attached hydrogens (tertiary/aromatic N) is 3. The molecule has 0 bridgehead atoms. The van der Waals surface area contributed by atoms with Crippen molar-refractivity contribution < 1.29 is 14.2 Å². The average molecular weight is 435 g/mol. The predicted octanol–water partition coefficient (Wildman–Crippen LogP) is 5.53. The largest absolute Gasteiger partial charge is 0.334 e. The van der Waals surface area contributed by atoms with Crippen molar-refractivity contribution in [2.75, 3.05) is 5.32 Å². The molecule has 3 aromatic carbocycles. The van der Waals surface area contributed by atoms with E-state index in [0.29, 0.717) is 38.8 Å². The van der Waals surface area contributed by atoms with Gasteiger partial charge >= 0.3 is 0 Å². The number of nitro groups is 1. The lowest BCUT2D eigenvalue weighted by Crippen LogP contribution is -2.11. The summed E-state index contributed by atoms with van der Waals surface area (Å²) in [6.07, 6.45) is 0. The molecule has 0 spiro atoms. The standard InChI is InChI=1S/C22H15ClN4O4/c1-13-11-16(7-10-19(13)27(29)30)22-25-20(26-31-22)14-5-8-18(9-6-14)24-21(28)15-3-2-4-17(23)12-15/h2-12H,1H3,(H,24,28). The van der Waals surface area contributed by atoms with Gasteiger partial charge in [0.15, 0.2) is 0 Å². The van der Waals surface area contributed by atoms with Gasteiger partial charge in [0.2, 0.25) is 5.82 Å². The Labute approximate surface area is 181 Å². The molecule has 0 unspecified atom stereocenters. The topological polar surface area (TPSA) is 111 Å². The Morgan fingerprint density at radius 2 is 1.81 bits per heavy atom. The van der Waals surface area contributed by atoms with Crippen molar-refractivity contribution in [1.82, 2.24) is 10.1 Å². The minimum Gasteiger partial charge on any atom is -0.334 e. The van der Waals surface area contributed by atoms with E-state index in [1.165, 1.54) is 6.07 Å². The number of amides is 1. The summed E-state index contributed by atoms with van der Waals surface area (Å²) in [6.45, 7) is 1.65. The molecule has 4 rings (SSSR count). The Hall–Kier alpha value is -4.04. The van der Waals surface area contributed by atoms with E-state index in [-0.39, 0.29) is 17.5 Å².